The monoisotopic (exact) mass is 291 g/mol. The Kier molecular flexibility index (Phi) is 6.25. The van der Waals surface area contributed by atoms with E-state index in [-0.39, 0.29) is 22.2 Å². The van der Waals surface area contributed by atoms with Crippen LogP contribution in [0.2, 0.25) is 10.0 Å². The minimum Gasteiger partial charge on any atom is -0.462 e. The number of halogens is 2. The number of carbonyl (C=O) groups excluding carboxylic acids is 1. The van der Waals surface area contributed by atoms with Crippen molar-refractivity contribution < 1.29 is 14.3 Å². The molecule has 6 heteroatoms. The summed E-state index contributed by atoms with van der Waals surface area (Å²) in [5, 5.41) is 0.388. The minimum absolute atomic E-state index is 0.153. The number of rotatable bonds is 6. The lowest BCUT2D eigenvalue weighted by Crippen LogP contribution is -2.09. The zero-order valence-electron chi connectivity index (χ0n) is 10.0. The number of carbonyl (C=O) groups is 1. The normalized spacial score (nSPS) is 10.4. The Balaban J connectivity index is 2.56. The highest BCUT2D eigenvalue weighted by Gasteiger charge is 2.15. The van der Waals surface area contributed by atoms with Crippen LogP contribution in [0.5, 0.6) is 0 Å². The van der Waals surface area contributed by atoms with Crippen LogP contribution in [0.1, 0.15) is 23.7 Å². The predicted octanol–water partition coefficient (Wildman–Crippen LogP) is 3.16. The van der Waals surface area contributed by atoms with Gasteiger partial charge in [0.1, 0.15) is 0 Å². The number of benzene rings is 1. The Hall–Kier alpha value is -0.970. The topological polar surface area (TPSA) is 61.5 Å². The number of esters is 1. The van der Waals surface area contributed by atoms with Crippen molar-refractivity contribution in [1.29, 1.82) is 0 Å². The second kappa shape index (κ2) is 7.46. The van der Waals surface area contributed by atoms with Gasteiger partial charge in [0.2, 0.25) is 0 Å². The van der Waals surface area contributed by atoms with E-state index in [0.717, 1.165) is 0 Å². The third kappa shape index (κ3) is 4.37. The van der Waals surface area contributed by atoms with Crippen molar-refractivity contribution in [2.24, 2.45) is 0 Å². The van der Waals surface area contributed by atoms with Gasteiger partial charge in [-0.1, -0.05) is 23.2 Å². The van der Waals surface area contributed by atoms with Crippen molar-refractivity contribution in [3.05, 3.63) is 27.7 Å². The minimum atomic E-state index is -0.536. The van der Waals surface area contributed by atoms with Crippen molar-refractivity contribution in [2.45, 2.75) is 13.3 Å². The number of anilines is 1. The second-order valence-electron chi connectivity index (χ2n) is 3.55. The Labute approximate surface area is 116 Å². The van der Waals surface area contributed by atoms with Crippen molar-refractivity contribution >= 4 is 34.9 Å². The van der Waals surface area contributed by atoms with Crippen molar-refractivity contribution in [2.75, 3.05) is 25.6 Å². The van der Waals surface area contributed by atoms with Gasteiger partial charge in [-0.2, -0.15) is 0 Å². The van der Waals surface area contributed by atoms with E-state index >= 15 is 0 Å². The van der Waals surface area contributed by atoms with Crippen LogP contribution in [-0.2, 0) is 9.47 Å². The zero-order chi connectivity index (χ0) is 13.5. The van der Waals surface area contributed by atoms with Crippen LogP contribution in [0, 0.1) is 0 Å². The average molecular weight is 292 g/mol. The first kappa shape index (κ1) is 15.1. The van der Waals surface area contributed by atoms with Crippen LogP contribution in [0.15, 0.2) is 12.1 Å². The van der Waals surface area contributed by atoms with Crippen molar-refractivity contribution in [3.8, 4) is 0 Å². The lowest BCUT2D eigenvalue weighted by Gasteiger charge is -2.08. The summed E-state index contributed by atoms with van der Waals surface area (Å²) in [6.45, 7) is 3.36. The molecule has 0 aliphatic carbocycles. The van der Waals surface area contributed by atoms with Gasteiger partial charge in [-0.25, -0.2) is 4.79 Å². The molecule has 0 amide bonds. The molecular weight excluding hydrogens is 277 g/mol. The van der Waals surface area contributed by atoms with E-state index in [4.69, 9.17) is 38.4 Å². The summed E-state index contributed by atoms with van der Waals surface area (Å²) < 4.78 is 10.2. The fraction of sp³-hybridized carbons (Fsp3) is 0.417. The standard InChI is InChI=1S/C12H15Cl2NO3/c1-2-17-4-3-5-18-12(16)9-6-8(15)7-10(13)11(9)14/h6-7H,2-5,15H2,1H3. The maximum atomic E-state index is 11.7. The molecule has 0 atom stereocenters. The lowest BCUT2D eigenvalue weighted by molar-refractivity contribution is 0.0452. The summed E-state index contributed by atoms with van der Waals surface area (Å²) in [5.74, 6) is -0.536. The number of ether oxygens (including phenoxy) is 2. The SMILES string of the molecule is CCOCCCOC(=O)c1cc(N)cc(Cl)c1Cl. The van der Waals surface area contributed by atoms with E-state index in [9.17, 15) is 4.79 Å². The molecule has 0 aliphatic rings. The quantitative estimate of drug-likeness (QED) is 0.497. The average Bonchev–Trinajstić information content (AvgIpc) is 2.33. The number of hydrogen-bond donors (Lipinski definition) is 1. The van der Waals surface area contributed by atoms with Crippen LogP contribution in [0.3, 0.4) is 0 Å². The molecule has 1 rings (SSSR count). The summed E-state index contributed by atoms with van der Waals surface area (Å²) in [5.41, 5.74) is 6.13. The molecule has 1 aromatic rings. The highest BCUT2D eigenvalue weighted by Crippen LogP contribution is 2.29. The Morgan fingerprint density at radius 2 is 2.06 bits per heavy atom. The predicted molar refractivity (Wildman–Crippen MR) is 72.3 cm³/mol. The van der Waals surface area contributed by atoms with E-state index in [1.54, 1.807) is 0 Å². The van der Waals surface area contributed by atoms with Crippen LogP contribution in [-0.4, -0.2) is 25.8 Å². The van der Waals surface area contributed by atoms with E-state index in [2.05, 4.69) is 0 Å². The Bertz CT molecular complexity index is 424. The second-order valence-corrected chi connectivity index (χ2v) is 4.34. The van der Waals surface area contributed by atoms with Crippen molar-refractivity contribution in [1.82, 2.24) is 0 Å². The molecule has 0 aromatic heterocycles. The van der Waals surface area contributed by atoms with Gasteiger partial charge in [-0.05, 0) is 19.1 Å². The maximum absolute atomic E-state index is 11.7. The first-order valence-electron chi connectivity index (χ1n) is 5.55. The number of nitrogen functional groups attached to an aromatic ring is 1. The fourth-order valence-electron chi connectivity index (χ4n) is 1.31. The third-order valence-corrected chi connectivity index (χ3v) is 2.94. The molecule has 0 unspecified atom stereocenters. The van der Waals surface area contributed by atoms with Gasteiger partial charge in [0.25, 0.3) is 0 Å². The molecule has 0 radical (unpaired) electrons. The third-order valence-electron chi connectivity index (χ3n) is 2.14. The van der Waals surface area contributed by atoms with Gasteiger partial charge in [0.05, 0.1) is 22.2 Å². The lowest BCUT2D eigenvalue weighted by atomic mass is 10.2. The zero-order valence-corrected chi connectivity index (χ0v) is 11.6. The molecule has 18 heavy (non-hydrogen) atoms. The number of hydrogen-bond acceptors (Lipinski definition) is 4. The largest absolute Gasteiger partial charge is 0.462 e. The molecule has 2 N–H and O–H groups in total. The molecule has 100 valence electrons. The molecule has 0 heterocycles. The molecule has 1 aromatic carbocycles. The number of nitrogens with two attached hydrogens (primary N) is 1. The van der Waals surface area contributed by atoms with E-state index in [1.165, 1.54) is 12.1 Å². The van der Waals surface area contributed by atoms with Crippen molar-refractivity contribution in [3.63, 3.8) is 0 Å². The van der Waals surface area contributed by atoms with Crippen LogP contribution in [0.4, 0.5) is 5.69 Å². The summed E-state index contributed by atoms with van der Waals surface area (Å²) in [6.07, 6.45) is 0.632. The fourth-order valence-corrected chi connectivity index (χ4v) is 1.72. The molecule has 0 saturated carbocycles. The van der Waals surface area contributed by atoms with Gasteiger partial charge < -0.3 is 15.2 Å². The van der Waals surface area contributed by atoms with Crippen LogP contribution in [0.25, 0.3) is 0 Å². The molecule has 0 bridgehead atoms. The van der Waals surface area contributed by atoms with E-state index < -0.39 is 5.97 Å². The van der Waals surface area contributed by atoms with Crippen LogP contribution < -0.4 is 5.73 Å². The molecular formula is C12H15Cl2NO3. The van der Waals surface area contributed by atoms with Gasteiger partial charge in [0, 0.05) is 25.3 Å². The molecule has 0 fully saturated rings. The Morgan fingerprint density at radius 1 is 1.33 bits per heavy atom. The summed E-state index contributed by atoms with van der Waals surface area (Å²) in [6, 6.07) is 2.93. The van der Waals surface area contributed by atoms with Gasteiger partial charge >= 0.3 is 5.97 Å². The molecule has 0 aliphatic heterocycles. The first-order valence-corrected chi connectivity index (χ1v) is 6.31. The highest BCUT2D eigenvalue weighted by atomic mass is 35.5. The summed E-state index contributed by atoms with van der Waals surface area (Å²) in [7, 11) is 0. The van der Waals surface area contributed by atoms with Crippen LogP contribution >= 0.6 is 23.2 Å². The first-order chi connectivity index (χ1) is 8.56. The molecule has 0 saturated heterocycles. The van der Waals surface area contributed by atoms with Gasteiger partial charge in [-0.3, -0.25) is 0 Å². The van der Waals surface area contributed by atoms with E-state index in [0.29, 0.717) is 25.3 Å². The van der Waals surface area contributed by atoms with Gasteiger partial charge in [0.15, 0.2) is 0 Å². The summed E-state index contributed by atoms with van der Waals surface area (Å²) in [4.78, 5) is 11.7. The summed E-state index contributed by atoms with van der Waals surface area (Å²) >= 11 is 11.7. The smallest absolute Gasteiger partial charge is 0.339 e. The highest BCUT2D eigenvalue weighted by molar-refractivity contribution is 6.44. The van der Waals surface area contributed by atoms with Gasteiger partial charge in [-0.15, -0.1) is 0 Å². The molecule has 4 nitrogen and oxygen atoms in total. The maximum Gasteiger partial charge on any atom is 0.339 e. The molecule has 0 spiro atoms. The Morgan fingerprint density at radius 3 is 2.72 bits per heavy atom. The van der Waals surface area contributed by atoms with E-state index in [1.807, 2.05) is 6.92 Å².